The third-order valence-electron chi connectivity index (χ3n) is 3.87. The van der Waals surface area contributed by atoms with Crippen LogP contribution < -0.4 is 10.6 Å². The molecule has 1 unspecified atom stereocenters. The van der Waals surface area contributed by atoms with Gasteiger partial charge in [0.05, 0.1) is 71.6 Å². The summed E-state index contributed by atoms with van der Waals surface area (Å²) in [6, 6.07) is 0. The standard InChI is InChI=1S/C19H39FN2O6.C2H6/c1-5-18(23)22-16-17(20)19(2,3)28-15-14-27-13-12-26-11-10-25-9-8-24-7-6-21-4;1-2/h17,21H,5-16H2,1-4H3,(H,22,23);1-2H3. The van der Waals surface area contributed by atoms with Crippen LogP contribution in [0.3, 0.4) is 0 Å². The van der Waals surface area contributed by atoms with Gasteiger partial charge in [0.2, 0.25) is 5.91 Å². The molecular formula is C21H45FN2O6. The first-order valence-corrected chi connectivity index (χ1v) is 10.9. The fourth-order valence-electron chi connectivity index (χ4n) is 1.96. The molecule has 0 aromatic heterocycles. The average molecular weight is 441 g/mol. The van der Waals surface area contributed by atoms with Gasteiger partial charge in [-0.05, 0) is 20.9 Å². The number of amides is 1. The Morgan fingerprint density at radius 3 is 1.73 bits per heavy atom. The first-order chi connectivity index (χ1) is 14.4. The zero-order chi connectivity index (χ0) is 23.1. The molecule has 0 saturated carbocycles. The van der Waals surface area contributed by atoms with E-state index in [2.05, 4.69) is 10.6 Å². The highest BCUT2D eigenvalue weighted by atomic mass is 19.1. The van der Waals surface area contributed by atoms with Gasteiger partial charge in [0.15, 0.2) is 0 Å². The number of alkyl halides is 1. The first kappa shape index (κ1) is 31.3. The molecule has 0 bridgehead atoms. The van der Waals surface area contributed by atoms with E-state index < -0.39 is 11.8 Å². The van der Waals surface area contributed by atoms with Gasteiger partial charge in [-0.25, -0.2) is 4.39 Å². The Morgan fingerprint density at radius 2 is 1.30 bits per heavy atom. The number of nitrogens with one attached hydrogen (secondary N) is 2. The van der Waals surface area contributed by atoms with E-state index in [4.69, 9.17) is 23.7 Å². The Hall–Kier alpha value is -0.840. The molecule has 1 atom stereocenters. The molecule has 0 saturated heterocycles. The molecule has 0 aliphatic heterocycles. The van der Waals surface area contributed by atoms with Crippen LogP contribution in [0.25, 0.3) is 0 Å². The topological polar surface area (TPSA) is 87.3 Å². The van der Waals surface area contributed by atoms with Crippen molar-refractivity contribution in [3.63, 3.8) is 0 Å². The minimum absolute atomic E-state index is 0.0570. The maximum absolute atomic E-state index is 14.1. The molecule has 0 aliphatic rings. The number of ether oxygens (including phenoxy) is 5. The van der Waals surface area contributed by atoms with E-state index in [-0.39, 0.29) is 19.1 Å². The molecule has 0 heterocycles. The van der Waals surface area contributed by atoms with Gasteiger partial charge in [0.1, 0.15) is 6.17 Å². The molecule has 30 heavy (non-hydrogen) atoms. The van der Waals surface area contributed by atoms with Gasteiger partial charge < -0.3 is 34.3 Å². The normalized spacial score (nSPS) is 12.2. The molecule has 0 aliphatic carbocycles. The van der Waals surface area contributed by atoms with E-state index in [1.165, 1.54) is 0 Å². The fraction of sp³-hybridized carbons (Fsp3) is 0.952. The van der Waals surface area contributed by atoms with Crippen molar-refractivity contribution in [2.75, 3.05) is 79.6 Å². The van der Waals surface area contributed by atoms with Crippen molar-refractivity contribution in [3.05, 3.63) is 0 Å². The lowest BCUT2D eigenvalue weighted by molar-refractivity contribution is -0.122. The zero-order valence-electron chi connectivity index (χ0n) is 19.9. The van der Waals surface area contributed by atoms with Crippen molar-refractivity contribution >= 4 is 5.91 Å². The molecule has 1 amide bonds. The van der Waals surface area contributed by atoms with Crippen molar-refractivity contribution < 1.29 is 32.9 Å². The number of hydrogen-bond acceptors (Lipinski definition) is 7. The van der Waals surface area contributed by atoms with Gasteiger partial charge in [0.25, 0.3) is 0 Å². The number of carbonyl (C=O) groups is 1. The minimum atomic E-state index is -1.29. The lowest BCUT2D eigenvalue weighted by Crippen LogP contribution is -2.44. The summed E-state index contributed by atoms with van der Waals surface area (Å²) >= 11 is 0. The lowest BCUT2D eigenvalue weighted by atomic mass is 10.0. The number of rotatable bonds is 20. The van der Waals surface area contributed by atoms with Crippen molar-refractivity contribution in [2.24, 2.45) is 0 Å². The molecular weight excluding hydrogens is 395 g/mol. The highest BCUT2D eigenvalue weighted by Crippen LogP contribution is 2.17. The summed E-state index contributed by atoms with van der Waals surface area (Å²) in [6.45, 7) is 14.1. The summed E-state index contributed by atoms with van der Waals surface area (Å²) in [5.74, 6) is -0.176. The van der Waals surface area contributed by atoms with E-state index in [1.807, 2.05) is 20.9 Å². The van der Waals surface area contributed by atoms with Crippen LogP contribution in [0.1, 0.15) is 41.0 Å². The van der Waals surface area contributed by atoms with E-state index in [1.54, 1.807) is 20.8 Å². The zero-order valence-corrected chi connectivity index (χ0v) is 19.9. The molecule has 0 radical (unpaired) electrons. The van der Waals surface area contributed by atoms with Crippen LogP contribution >= 0.6 is 0 Å². The molecule has 2 N–H and O–H groups in total. The molecule has 0 rings (SSSR count). The highest BCUT2D eigenvalue weighted by molar-refractivity contribution is 5.75. The maximum atomic E-state index is 14.1. The molecule has 9 heteroatoms. The van der Waals surface area contributed by atoms with Crippen molar-refractivity contribution in [1.29, 1.82) is 0 Å². The Bertz CT molecular complexity index is 375. The monoisotopic (exact) mass is 440 g/mol. The Labute approximate surface area is 182 Å². The molecule has 0 spiro atoms. The summed E-state index contributed by atoms with van der Waals surface area (Å²) in [7, 11) is 1.88. The second-order valence-electron chi connectivity index (χ2n) is 6.63. The van der Waals surface area contributed by atoms with Crippen LogP contribution in [-0.4, -0.2) is 97.3 Å². The molecule has 0 aromatic carbocycles. The molecule has 0 aromatic rings. The Balaban J connectivity index is 0. The van der Waals surface area contributed by atoms with Gasteiger partial charge in [0, 0.05) is 13.0 Å². The van der Waals surface area contributed by atoms with E-state index >= 15 is 0 Å². The third kappa shape index (κ3) is 20.4. The average Bonchev–Trinajstić information content (AvgIpc) is 2.75. The lowest BCUT2D eigenvalue weighted by Gasteiger charge is -2.29. The summed E-state index contributed by atoms with van der Waals surface area (Å²) in [5.41, 5.74) is -0.991. The van der Waals surface area contributed by atoms with E-state index in [9.17, 15) is 9.18 Å². The van der Waals surface area contributed by atoms with Crippen LogP contribution in [0, 0.1) is 0 Å². The predicted octanol–water partition coefficient (Wildman–Crippen LogP) is 1.96. The van der Waals surface area contributed by atoms with Gasteiger partial charge in [-0.2, -0.15) is 0 Å². The quantitative estimate of drug-likeness (QED) is 0.280. The predicted molar refractivity (Wildman–Crippen MR) is 117 cm³/mol. The summed E-state index contributed by atoms with van der Waals surface area (Å²) in [6.07, 6.45) is -0.957. The number of hydrogen-bond donors (Lipinski definition) is 2. The minimum Gasteiger partial charge on any atom is -0.378 e. The Kier molecular flexibility index (Phi) is 23.9. The molecule has 182 valence electrons. The smallest absolute Gasteiger partial charge is 0.219 e. The summed E-state index contributed by atoms with van der Waals surface area (Å²) in [5, 5.41) is 5.53. The van der Waals surface area contributed by atoms with Gasteiger partial charge in [-0.3, -0.25) is 4.79 Å². The second-order valence-corrected chi connectivity index (χ2v) is 6.63. The highest BCUT2D eigenvalue weighted by Gasteiger charge is 2.30. The van der Waals surface area contributed by atoms with Crippen LogP contribution in [0.4, 0.5) is 4.39 Å². The van der Waals surface area contributed by atoms with Crippen LogP contribution in [0.15, 0.2) is 0 Å². The second kappa shape index (κ2) is 22.8. The first-order valence-electron chi connectivity index (χ1n) is 10.9. The van der Waals surface area contributed by atoms with Crippen molar-refractivity contribution in [1.82, 2.24) is 10.6 Å². The maximum Gasteiger partial charge on any atom is 0.219 e. The molecule has 8 nitrogen and oxygen atoms in total. The van der Waals surface area contributed by atoms with Crippen LogP contribution in [0.5, 0.6) is 0 Å². The Morgan fingerprint density at radius 1 is 0.867 bits per heavy atom. The van der Waals surface area contributed by atoms with E-state index in [0.29, 0.717) is 59.3 Å². The van der Waals surface area contributed by atoms with Gasteiger partial charge in [-0.1, -0.05) is 20.8 Å². The largest absolute Gasteiger partial charge is 0.378 e. The fourth-order valence-corrected chi connectivity index (χ4v) is 1.96. The van der Waals surface area contributed by atoms with E-state index in [0.717, 1.165) is 6.54 Å². The molecule has 0 fully saturated rings. The number of likely N-dealkylation sites (N-methyl/N-ethyl adjacent to an activating group) is 1. The summed E-state index contributed by atoms with van der Waals surface area (Å²) < 4.78 is 41.1. The van der Waals surface area contributed by atoms with Gasteiger partial charge >= 0.3 is 0 Å². The van der Waals surface area contributed by atoms with Gasteiger partial charge in [-0.15, -0.1) is 0 Å². The number of carbonyl (C=O) groups excluding carboxylic acids is 1. The summed E-state index contributed by atoms with van der Waals surface area (Å²) in [4.78, 5) is 11.2. The van der Waals surface area contributed by atoms with Crippen LogP contribution in [0.2, 0.25) is 0 Å². The van der Waals surface area contributed by atoms with Crippen molar-refractivity contribution in [3.8, 4) is 0 Å². The SMILES string of the molecule is CC.CCC(=O)NCC(F)C(C)(C)OCCOCCOCCOCCOCCNC. The number of halogens is 1. The van der Waals surface area contributed by atoms with Crippen LogP contribution in [-0.2, 0) is 28.5 Å². The third-order valence-corrected chi connectivity index (χ3v) is 3.87. The van der Waals surface area contributed by atoms with Crippen molar-refractivity contribution in [2.45, 2.75) is 52.8 Å².